The van der Waals surface area contributed by atoms with Gasteiger partial charge in [-0.05, 0) is 92.1 Å². The van der Waals surface area contributed by atoms with Crippen molar-refractivity contribution in [3.63, 3.8) is 0 Å². The van der Waals surface area contributed by atoms with Gasteiger partial charge in [-0.3, -0.25) is 0 Å². The molecule has 2 atom stereocenters. The van der Waals surface area contributed by atoms with Gasteiger partial charge in [0.25, 0.3) is 0 Å². The molecule has 2 N–H and O–H groups in total. The van der Waals surface area contributed by atoms with Gasteiger partial charge in [0, 0.05) is 42.5 Å². The normalized spacial score (nSPS) is 26.6. The van der Waals surface area contributed by atoms with Crippen LogP contribution in [0.25, 0.3) is 0 Å². The van der Waals surface area contributed by atoms with Crippen molar-refractivity contribution >= 4 is 12.2 Å². The molecule has 1 aromatic carbocycles. The molecule has 0 radical (unpaired) electrons. The van der Waals surface area contributed by atoms with E-state index in [4.69, 9.17) is 9.47 Å². The summed E-state index contributed by atoms with van der Waals surface area (Å²) in [7, 11) is 0. The van der Waals surface area contributed by atoms with Gasteiger partial charge < -0.3 is 25.0 Å². The summed E-state index contributed by atoms with van der Waals surface area (Å²) in [4.78, 5) is 27.4. The van der Waals surface area contributed by atoms with Crippen LogP contribution in [0.4, 0.5) is 9.59 Å². The molecule has 37 heavy (non-hydrogen) atoms. The minimum atomic E-state index is -0.507. The lowest BCUT2D eigenvalue weighted by molar-refractivity contribution is 0.0185. The first-order valence-corrected chi connectivity index (χ1v) is 14.1. The zero-order chi connectivity index (χ0) is 26.8. The highest BCUT2D eigenvalue weighted by Crippen LogP contribution is 2.51. The Morgan fingerprint density at radius 3 is 2.08 bits per heavy atom. The second kappa shape index (κ2) is 10.8. The Bertz CT molecular complexity index is 924. The Hall–Kier alpha value is -2.28. The predicted molar refractivity (Wildman–Crippen MR) is 146 cm³/mol. The van der Waals surface area contributed by atoms with Crippen LogP contribution >= 0.6 is 0 Å². The van der Waals surface area contributed by atoms with Crippen molar-refractivity contribution in [2.45, 2.75) is 122 Å². The Morgan fingerprint density at radius 1 is 0.919 bits per heavy atom. The molecule has 0 saturated heterocycles. The molecule has 1 unspecified atom stereocenters. The smallest absolute Gasteiger partial charge is 0.410 e. The lowest BCUT2D eigenvalue weighted by Gasteiger charge is -2.33. The molecule has 0 aliphatic heterocycles. The van der Waals surface area contributed by atoms with E-state index in [-0.39, 0.29) is 29.7 Å². The summed E-state index contributed by atoms with van der Waals surface area (Å²) in [5, 5.41) is 6.84. The van der Waals surface area contributed by atoms with Crippen molar-refractivity contribution in [1.82, 2.24) is 15.5 Å². The lowest BCUT2D eigenvalue weighted by Crippen LogP contribution is -2.47. The number of hydrogen-bond donors (Lipinski definition) is 2. The first-order valence-electron chi connectivity index (χ1n) is 14.1. The fourth-order valence-corrected chi connectivity index (χ4v) is 5.43. The standard InChI is InChI=1S/C30H47N3O4/c1-28(2,3)36-26(34)32-23-14-12-22(13-15-23)31-19-30(16-17-30)20-33(27(35)37-29(4,5)6)25-18-24(25)21-10-8-7-9-11-21/h7-11,22-25,31H,12-20H2,1-6H3,(H,32,34)/t22?,23?,24-,25?/m1/s1. The third kappa shape index (κ3) is 8.36. The first-order chi connectivity index (χ1) is 17.3. The van der Waals surface area contributed by atoms with E-state index in [0.29, 0.717) is 12.0 Å². The highest BCUT2D eigenvalue weighted by molar-refractivity contribution is 5.70. The average molecular weight is 514 g/mol. The number of nitrogens with zero attached hydrogens (tertiary/aromatic N) is 1. The maximum atomic E-state index is 13.3. The maximum absolute atomic E-state index is 13.3. The van der Waals surface area contributed by atoms with E-state index in [2.05, 4.69) is 34.9 Å². The molecule has 1 aromatic rings. The van der Waals surface area contributed by atoms with Crippen LogP contribution in [0.1, 0.15) is 98.0 Å². The predicted octanol–water partition coefficient (Wildman–Crippen LogP) is 5.99. The molecule has 4 rings (SSSR count). The van der Waals surface area contributed by atoms with Gasteiger partial charge in [0.1, 0.15) is 11.2 Å². The Balaban J connectivity index is 1.28. The number of carbonyl (C=O) groups is 2. The number of hydrogen-bond acceptors (Lipinski definition) is 5. The molecule has 206 valence electrons. The fourth-order valence-electron chi connectivity index (χ4n) is 5.43. The summed E-state index contributed by atoms with van der Waals surface area (Å²) in [6, 6.07) is 11.4. The number of amides is 2. The summed E-state index contributed by atoms with van der Waals surface area (Å²) in [5.74, 6) is 0.394. The third-order valence-electron chi connectivity index (χ3n) is 7.69. The number of alkyl carbamates (subject to hydrolysis) is 1. The Labute approximate surface area is 223 Å². The van der Waals surface area contributed by atoms with E-state index in [1.54, 1.807) is 0 Å². The van der Waals surface area contributed by atoms with Crippen molar-refractivity contribution in [1.29, 1.82) is 0 Å². The van der Waals surface area contributed by atoms with Crippen LogP contribution in [-0.4, -0.2) is 59.5 Å². The van der Waals surface area contributed by atoms with Crippen molar-refractivity contribution in [2.75, 3.05) is 13.1 Å². The molecule has 0 spiro atoms. The minimum absolute atomic E-state index is 0.131. The summed E-state index contributed by atoms with van der Waals surface area (Å²) < 4.78 is 11.3. The van der Waals surface area contributed by atoms with Gasteiger partial charge >= 0.3 is 12.2 Å². The molecule has 0 heterocycles. The zero-order valence-corrected chi connectivity index (χ0v) is 23.6. The Morgan fingerprint density at radius 2 is 1.51 bits per heavy atom. The summed E-state index contributed by atoms with van der Waals surface area (Å²) >= 11 is 0. The van der Waals surface area contributed by atoms with Crippen molar-refractivity contribution in [3.8, 4) is 0 Å². The van der Waals surface area contributed by atoms with E-state index >= 15 is 0 Å². The second-order valence-electron chi connectivity index (χ2n) is 13.5. The number of carbonyl (C=O) groups excluding carboxylic acids is 2. The largest absolute Gasteiger partial charge is 0.444 e. The average Bonchev–Trinajstić information content (AvgIpc) is 3.71. The van der Waals surface area contributed by atoms with Gasteiger partial charge in [-0.2, -0.15) is 0 Å². The SMILES string of the molecule is CC(C)(C)OC(=O)NC1CCC(NCC2(CN(C(=O)OC(C)(C)C)C3C[C@@H]3c3ccccc3)CC2)CC1. The van der Waals surface area contributed by atoms with E-state index < -0.39 is 11.2 Å². The zero-order valence-electron chi connectivity index (χ0n) is 23.6. The fraction of sp³-hybridized carbons (Fsp3) is 0.733. The molecule has 3 aliphatic rings. The van der Waals surface area contributed by atoms with Crippen molar-refractivity contribution in [3.05, 3.63) is 35.9 Å². The Kier molecular flexibility index (Phi) is 8.13. The number of rotatable bonds is 8. The molecular weight excluding hydrogens is 466 g/mol. The maximum Gasteiger partial charge on any atom is 0.410 e. The number of benzene rings is 1. The lowest BCUT2D eigenvalue weighted by atomic mass is 9.90. The first kappa shape index (κ1) is 27.7. The third-order valence-corrected chi connectivity index (χ3v) is 7.69. The summed E-state index contributed by atoms with van der Waals surface area (Å²) in [6.45, 7) is 13.1. The quantitative estimate of drug-likeness (QED) is 0.447. The molecule has 7 nitrogen and oxygen atoms in total. The number of ether oxygens (including phenoxy) is 2. The van der Waals surface area contributed by atoms with E-state index in [1.807, 2.05) is 52.5 Å². The molecule has 2 amide bonds. The monoisotopic (exact) mass is 513 g/mol. The molecule has 3 fully saturated rings. The second-order valence-corrected chi connectivity index (χ2v) is 13.5. The van der Waals surface area contributed by atoms with Crippen LogP contribution in [0.15, 0.2) is 30.3 Å². The van der Waals surface area contributed by atoms with Crippen molar-refractivity contribution in [2.24, 2.45) is 5.41 Å². The van der Waals surface area contributed by atoms with Crippen LogP contribution in [0.2, 0.25) is 0 Å². The highest BCUT2D eigenvalue weighted by atomic mass is 16.6. The van der Waals surface area contributed by atoms with E-state index in [0.717, 1.165) is 58.0 Å². The molecule has 0 bridgehead atoms. The minimum Gasteiger partial charge on any atom is -0.444 e. The van der Waals surface area contributed by atoms with Crippen LogP contribution in [0.5, 0.6) is 0 Å². The van der Waals surface area contributed by atoms with E-state index in [1.165, 1.54) is 5.56 Å². The van der Waals surface area contributed by atoms with Crippen LogP contribution < -0.4 is 10.6 Å². The van der Waals surface area contributed by atoms with Gasteiger partial charge in [0.15, 0.2) is 0 Å². The topological polar surface area (TPSA) is 79.9 Å². The van der Waals surface area contributed by atoms with Gasteiger partial charge in [0.05, 0.1) is 0 Å². The molecular formula is C30H47N3O4. The van der Waals surface area contributed by atoms with Gasteiger partial charge in [0.2, 0.25) is 0 Å². The van der Waals surface area contributed by atoms with Crippen molar-refractivity contribution < 1.29 is 19.1 Å². The summed E-state index contributed by atoms with van der Waals surface area (Å²) in [5.41, 5.74) is 0.455. The molecule has 3 aliphatic carbocycles. The van der Waals surface area contributed by atoms with Crippen LogP contribution in [0, 0.1) is 5.41 Å². The molecule has 3 saturated carbocycles. The molecule has 7 heteroatoms. The summed E-state index contributed by atoms with van der Waals surface area (Å²) in [6.07, 6.45) is 6.74. The van der Waals surface area contributed by atoms with Gasteiger partial charge in [-0.1, -0.05) is 30.3 Å². The highest BCUT2D eigenvalue weighted by Gasteiger charge is 2.52. The number of nitrogens with one attached hydrogen (secondary N) is 2. The molecule has 0 aromatic heterocycles. The van der Waals surface area contributed by atoms with Crippen LogP contribution in [-0.2, 0) is 9.47 Å². The van der Waals surface area contributed by atoms with Crippen LogP contribution in [0.3, 0.4) is 0 Å². The van der Waals surface area contributed by atoms with Gasteiger partial charge in [-0.25, -0.2) is 9.59 Å². The van der Waals surface area contributed by atoms with E-state index in [9.17, 15) is 9.59 Å². The van der Waals surface area contributed by atoms with Gasteiger partial charge in [-0.15, -0.1) is 0 Å².